The Morgan fingerprint density at radius 2 is 2.29 bits per heavy atom. The molecule has 0 amide bonds. The molecule has 5 heteroatoms. The van der Waals surface area contributed by atoms with Gasteiger partial charge in [0.25, 0.3) is 0 Å². The number of hydrogen-bond acceptors (Lipinski definition) is 4. The molecule has 2 rings (SSSR count). The van der Waals surface area contributed by atoms with Gasteiger partial charge in [0, 0.05) is 18.1 Å². The van der Waals surface area contributed by atoms with E-state index in [1.54, 1.807) is 0 Å². The third kappa shape index (κ3) is 3.00. The van der Waals surface area contributed by atoms with Crippen molar-refractivity contribution in [2.24, 2.45) is 5.14 Å². The molecule has 2 aromatic heterocycles. The maximum atomic E-state index is 5.83. The van der Waals surface area contributed by atoms with E-state index in [2.05, 4.69) is 4.98 Å². The van der Waals surface area contributed by atoms with Crippen molar-refractivity contribution < 1.29 is 4.74 Å². The monoisotopic (exact) mass is 251 g/mol. The summed E-state index contributed by atoms with van der Waals surface area (Å²) in [7, 11) is 0. The first-order chi connectivity index (χ1) is 8.20. The summed E-state index contributed by atoms with van der Waals surface area (Å²) in [4.78, 5) is 4.55. The summed E-state index contributed by atoms with van der Waals surface area (Å²) in [5, 5.41) is 5.54. The minimum absolute atomic E-state index is 0.0510. The van der Waals surface area contributed by atoms with E-state index in [0.717, 1.165) is 11.3 Å². The molecule has 0 aromatic carbocycles. The molecule has 0 saturated carbocycles. The quantitative estimate of drug-likeness (QED) is 0.829. The van der Waals surface area contributed by atoms with Crippen LogP contribution in [-0.2, 0) is 4.74 Å². The molecule has 2 heterocycles. The summed E-state index contributed by atoms with van der Waals surface area (Å²) >= 11 is 1.28. The number of pyridine rings is 1. The van der Waals surface area contributed by atoms with Crippen molar-refractivity contribution in [3.63, 3.8) is 0 Å². The number of hydrogen-bond donors (Lipinski definition) is 1. The van der Waals surface area contributed by atoms with Gasteiger partial charge in [-0.05, 0) is 26.0 Å². The molecule has 1 unspecified atom stereocenters. The van der Waals surface area contributed by atoms with E-state index < -0.39 is 0 Å². The van der Waals surface area contributed by atoms with Gasteiger partial charge in [-0.3, -0.25) is 5.14 Å². The van der Waals surface area contributed by atoms with Crippen molar-refractivity contribution in [2.45, 2.75) is 26.1 Å². The van der Waals surface area contributed by atoms with E-state index in [-0.39, 0.29) is 12.2 Å². The molecule has 1 atom stereocenters. The van der Waals surface area contributed by atoms with Crippen molar-refractivity contribution in [3.05, 3.63) is 36.3 Å². The minimum Gasteiger partial charge on any atom is -0.368 e. The van der Waals surface area contributed by atoms with E-state index in [1.165, 1.54) is 11.9 Å². The van der Waals surface area contributed by atoms with Crippen LogP contribution in [0.1, 0.15) is 25.6 Å². The van der Waals surface area contributed by atoms with Crippen LogP contribution in [0.5, 0.6) is 0 Å². The molecule has 4 nitrogen and oxygen atoms in total. The fraction of sp³-hybridized carbons (Fsp3) is 0.417. The predicted octanol–water partition coefficient (Wildman–Crippen LogP) is 2.41. The van der Waals surface area contributed by atoms with Crippen molar-refractivity contribution in [2.75, 3.05) is 5.75 Å². The molecular weight excluding hydrogens is 234 g/mol. The molecule has 0 aliphatic heterocycles. The Morgan fingerprint density at radius 3 is 2.94 bits per heavy atom. The van der Waals surface area contributed by atoms with Gasteiger partial charge < -0.3 is 9.14 Å². The second-order valence-corrected chi connectivity index (χ2v) is 4.81. The van der Waals surface area contributed by atoms with Crippen LogP contribution in [0.4, 0.5) is 0 Å². The number of nitrogens with zero attached hydrogens (tertiary/aromatic N) is 2. The Kier molecular flexibility index (Phi) is 4.04. The van der Waals surface area contributed by atoms with Crippen LogP contribution in [-0.4, -0.2) is 21.2 Å². The van der Waals surface area contributed by atoms with E-state index in [9.17, 15) is 0 Å². The Balaban J connectivity index is 2.27. The second kappa shape index (κ2) is 5.53. The Morgan fingerprint density at radius 1 is 1.47 bits per heavy atom. The average Bonchev–Trinajstić information content (AvgIpc) is 2.71. The molecule has 0 saturated heterocycles. The molecule has 2 aromatic rings. The fourth-order valence-corrected chi connectivity index (χ4v) is 2.14. The normalized spacial score (nSPS) is 13.4. The van der Waals surface area contributed by atoms with Crippen molar-refractivity contribution in [1.29, 1.82) is 0 Å². The SMILES string of the molecule is CC(C)OC(CSN)c1cn2ccccc2n1. The third-order valence-electron chi connectivity index (χ3n) is 2.40. The van der Waals surface area contributed by atoms with Gasteiger partial charge in [-0.15, -0.1) is 0 Å². The molecule has 0 bridgehead atoms. The topological polar surface area (TPSA) is 52.5 Å². The molecule has 17 heavy (non-hydrogen) atoms. The van der Waals surface area contributed by atoms with Crippen LogP contribution in [0.25, 0.3) is 5.65 Å². The lowest BCUT2D eigenvalue weighted by molar-refractivity contribution is 0.0186. The highest BCUT2D eigenvalue weighted by molar-refractivity contribution is 7.97. The van der Waals surface area contributed by atoms with Gasteiger partial charge in [-0.1, -0.05) is 18.0 Å². The van der Waals surface area contributed by atoms with Gasteiger partial charge in [-0.2, -0.15) is 0 Å². The summed E-state index contributed by atoms with van der Waals surface area (Å²) in [5.74, 6) is 0.710. The van der Waals surface area contributed by atoms with Gasteiger partial charge in [0.05, 0.1) is 11.8 Å². The molecule has 92 valence electrons. The van der Waals surface area contributed by atoms with Crippen LogP contribution in [0.3, 0.4) is 0 Å². The van der Waals surface area contributed by atoms with E-state index in [0.29, 0.717) is 5.75 Å². The Labute approximate surface area is 105 Å². The fourth-order valence-electron chi connectivity index (χ4n) is 1.72. The Hall–Kier alpha value is -1.04. The van der Waals surface area contributed by atoms with Crippen molar-refractivity contribution >= 4 is 17.6 Å². The number of nitrogens with two attached hydrogens (primary N) is 1. The van der Waals surface area contributed by atoms with Crippen LogP contribution >= 0.6 is 11.9 Å². The Bertz CT molecular complexity index is 450. The smallest absolute Gasteiger partial charge is 0.137 e. The number of aromatic nitrogens is 2. The highest BCUT2D eigenvalue weighted by Gasteiger charge is 2.16. The molecule has 0 fully saturated rings. The summed E-state index contributed by atoms with van der Waals surface area (Å²) in [6.45, 7) is 4.04. The summed E-state index contributed by atoms with van der Waals surface area (Å²) in [6.07, 6.45) is 4.09. The first-order valence-corrected chi connectivity index (χ1v) is 6.66. The zero-order valence-electron chi connectivity index (χ0n) is 10.0. The van der Waals surface area contributed by atoms with Crippen LogP contribution in [0, 0.1) is 0 Å². The lowest BCUT2D eigenvalue weighted by Crippen LogP contribution is -2.14. The molecule has 0 aliphatic rings. The summed E-state index contributed by atoms with van der Waals surface area (Å²) < 4.78 is 7.82. The number of imidazole rings is 1. The van der Waals surface area contributed by atoms with E-state index >= 15 is 0 Å². The van der Waals surface area contributed by atoms with Gasteiger partial charge >= 0.3 is 0 Å². The molecule has 2 N–H and O–H groups in total. The van der Waals surface area contributed by atoms with E-state index in [1.807, 2.05) is 48.8 Å². The first-order valence-electron chi connectivity index (χ1n) is 5.61. The zero-order valence-corrected chi connectivity index (χ0v) is 10.9. The van der Waals surface area contributed by atoms with Gasteiger partial charge in [0.1, 0.15) is 11.8 Å². The predicted molar refractivity (Wildman–Crippen MR) is 70.8 cm³/mol. The minimum atomic E-state index is -0.0510. The molecule has 0 aliphatic carbocycles. The van der Waals surface area contributed by atoms with Crippen molar-refractivity contribution in [1.82, 2.24) is 9.38 Å². The largest absolute Gasteiger partial charge is 0.368 e. The zero-order chi connectivity index (χ0) is 12.3. The van der Waals surface area contributed by atoms with Crippen LogP contribution in [0.15, 0.2) is 30.6 Å². The highest BCUT2D eigenvalue weighted by Crippen LogP contribution is 2.21. The standard InChI is InChI=1S/C12H17N3OS/c1-9(2)16-11(8-17-13)10-7-15-6-4-3-5-12(15)14-10/h3-7,9,11H,8,13H2,1-2H3. The highest BCUT2D eigenvalue weighted by atomic mass is 32.2. The van der Waals surface area contributed by atoms with Crippen LogP contribution < -0.4 is 5.14 Å². The van der Waals surface area contributed by atoms with Crippen molar-refractivity contribution in [3.8, 4) is 0 Å². The lowest BCUT2D eigenvalue weighted by atomic mass is 10.3. The second-order valence-electron chi connectivity index (χ2n) is 4.14. The molecular formula is C12H17N3OS. The first kappa shape index (κ1) is 12.4. The van der Waals surface area contributed by atoms with Gasteiger partial charge in [0.2, 0.25) is 0 Å². The summed E-state index contributed by atoms with van der Waals surface area (Å²) in [5.41, 5.74) is 1.87. The number of rotatable bonds is 5. The average molecular weight is 251 g/mol. The molecule has 0 spiro atoms. The van der Waals surface area contributed by atoms with E-state index in [4.69, 9.17) is 9.88 Å². The maximum absolute atomic E-state index is 5.83. The number of fused-ring (bicyclic) bond motifs is 1. The van der Waals surface area contributed by atoms with Crippen LogP contribution in [0.2, 0.25) is 0 Å². The third-order valence-corrected chi connectivity index (χ3v) is 2.89. The van der Waals surface area contributed by atoms with Gasteiger partial charge in [0.15, 0.2) is 0 Å². The lowest BCUT2D eigenvalue weighted by Gasteiger charge is -2.17. The maximum Gasteiger partial charge on any atom is 0.137 e. The van der Waals surface area contributed by atoms with Gasteiger partial charge in [-0.25, -0.2) is 4.98 Å². The number of ether oxygens (including phenoxy) is 1. The molecule has 0 radical (unpaired) electrons. The summed E-state index contributed by atoms with van der Waals surface area (Å²) in [6, 6.07) is 5.93.